The summed E-state index contributed by atoms with van der Waals surface area (Å²) in [5.41, 5.74) is 3.50. The first-order chi connectivity index (χ1) is 13.3. The van der Waals surface area contributed by atoms with Crippen molar-refractivity contribution in [2.75, 3.05) is 12.3 Å². The van der Waals surface area contributed by atoms with Gasteiger partial charge in [-0.3, -0.25) is 9.69 Å². The second-order valence-corrected chi connectivity index (χ2v) is 9.11. The van der Waals surface area contributed by atoms with Gasteiger partial charge in [0.05, 0.1) is 17.9 Å². The second kappa shape index (κ2) is 7.43. The van der Waals surface area contributed by atoms with Crippen LogP contribution in [0.25, 0.3) is 0 Å². The van der Waals surface area contributed by atoms with Crippen LogP contribution in [0.5, 0.6) is 0 Å². The minimum absolute atomic E-state index is 0.0561. The van der Waals surface area contributed by atoms with Crippen LogP contribution < -0.4 is 5.56 Å². The normalized spacial score (nSPS) is 22.6. The van der Waals surface area contributed by atoms with E-state index in [0.717, 1.165) is 61.7 Å². The van der Waals surface area contributed by atoms with E-state index in [2.05, 4.69) is 15.7 Å². The van der Waals surface area contributed by atoms with Gasteiger partial charge in [0.15, 0.2) is 0 Å². The molecule has 0 aliphatic carbocycles. The van der Waals surface area contributed by atoms with Crippen LogP contribution in [0.3, 0.4) is 0 Å². The fourth-order valence-corrected chi connectivity index (χ4v) is 5.60. The zero-order valence-electron chi connectivity index (χ0n) is 15.8. The molecule has 0 saturated carbocycles. The molecule has 1 saturated heterocycles. The molecule has 5 rings (SSSR count). The van der Waals surface area contributed by atoms with Gasteiger partial charge in [-0.25, -0.2) is 9.67 Å². The molecule has 27 heavy (non-hydrogen) atoms. The molecular formula is C20H27N5OS. The maximum atomic E-state index is 12.5. The van der Waals surface area contributed by atoms with E-state index in [0.29, 0.717) is 12.6 Å². The molecule has 2 aromatic heterocycles. The Balaban J connectivity index is 1.31. The molecule has 5 heterocycles. The van der Waals surface area contributed by atoms with Gasteiger partial charge >= 0.3 is 0 Å². The minimum Gasteiger partial charge on any atom is -0.335 e. The summed E-state index contributed by atoms with van der Waals surface area (Å²) in [6.07, 6.45) is 9.17. The third-order valence-corrected chi connectivity index (χ3v) is 7.12. The molecule has 2 aromatic rings. The third kappa shape index (κ3) is 3.59. The number of likely N-dealkylation sites (tertiary alicyclic amines) is 1. The Morgan fingerprint density at radius 2 is 2.15 bits per heavy atom. The van der Waals surface area contributed by atoms with Crippen LogP contribution in [0.1, 0.15) is 48.5 Å². The van der Waals surface area contributed by atoms with Crippen LogP contribution in [-0.2, 0) is 38.2 Å². The summed E-state index contributed by atoms with van der Waals surface area (Å²) >= 11 is 1.89. The number of hydrogen-bond acceptors (Lipinski definition) is 5. The van der Waals surface area contributed by atoms with E-state index < -0.39 is 0 Å². The molecule has 3 aliphatic rings. The highest BCUT2D eigenvalue weighted by atomic mass is 32.2. The second-order valence-electron chi connectivity index (χ2n) is 8.00. The first kappa shape index (κ1) is 17.5. The monoisotopic (exact) mass is 385 g/mol. The van der Waals surface area contributed by atoms with E-state index in [1.165, 1.54) is 30.8 Å². The van der Waals surface area contributed by atoms with Crippen molar-refractivity contribution in [3.63, 3.8) is 0 Å². The van der Waals surface area contributed by atoms with Gasteiger partial charge in [0.1, 0.15) is 5.82 Å². The third-order valence-electron chi connectivity index (χ3n) is 6.11. The summed E-state index contributed by atoms with van der Waals surface area (Å²) in [6.45, 7) is 3.79. The molecule has 144 valence electrons. The van der Waals surface area contributed by atoms with E-state index in [4.69, 9.17) is 10.1 Å². The number of rotatable bonds is 4. The number of thioether (sulfide) groups is 1. The van der Waals surface area contributed by atoms with E-state index in [1.54, 1.807) is 4.68 Å². The van der Waals surface area contributed by atoms with Crippen molar-refractivity contribution in [3.8, 4) is 0 Å². The number of imidazole rings is 1. The quantitative estimate of drug-likeness (QED) is 0.808. The molecule has 0 bridgehead atoms. The summed E-state index contributed by atoms with van der Waals surface area (Å²) in [7, 11) is 0. The molecule has 3 aliphatic heterocycles. The van der Waals surface area contributed by atoms with E-state index in [9.17, 15) is 4.79 Å². The maximum Gasteiger partial charge on any atom is 0.267 e. The highest BCUT2D eigenvalue weighted by Gasteiger charge is 2.27. The summed E-state index contributed by atoms with van der Waals surface area (Å²) in [6, 6.07) is 2.20. The van der Waals surface area contributed by atoms with Gasteiger partial charge in [0, 0.05) is 50.0 Å². The lowest BCUT2D eigenvalue weighted by Gasteiger charge is -2.24. The van der Waals surface area contributed by atoms with Gasteiger partial charge in [-0.1, -0.05) is 0 Å². The molecule has 1 unspecified atom stereocenters. The van der Waals surface area contributed by atoms with Crippen molar-refractivity contribution in [2.45, 2.75) is 70.0 Å². The van der Waals surface area contributed by atoms with Crippen molar-refractivity contribution < 1.29 is 0 Å². The van der Waals surface area contributed by atoms with Crippen molar-refractivity contribution >= 4 is 11.8 Å². The molecule has 1 fully saturated rings. The number of fused-ring (bicyclic) bond motifs is 2. The van der Waals surface area contributed by atoms with E-state index in [-0.39, 0.29) is 5.56 Å². The highest BCUT2D eigenvalue weighted by Crippen LogP contribution is 2.24. The van der Waals surface area contributed by atoms with Gasteiger partial charge in [-0.05, 0) is 43.5 Å². The van der Waals surface area contributed by atoms with Crippen LogP contribution in [0.15, 0.2) is 17.1 Å². The first-order valence-corrected chi connectivity index (χ1v) is 11.4. The van der Waals surface area contributed by atoms with Crippen molar-refractivity contribution in [3.05, 3.63) is 45.4 Å². The maximum absolute atomic E-state index is 12.5. The van der Waals surface area contributed by atoms with Crippen LogP contribution in [0.4, 0.5) is 0 Å². The van der Waals surface area contributed by atoms with E-state index >= 15 is 0 Å². The Kier molecular flexibility index (Phi) is 4.82. The molecule has 0 amide bonds. The largest absolute Gasteiger partial charge is 0.335 e. The highest BCUT2D eigenvalue weighted by molar-refractivity contribution is 7.98. The van der Waals surface area contributed by atoms with Gasteiger partial charge < -0.3 is 4.57 Å². The number of hydrogen-bond donors (Lipinski definition) is 0. The van der Waals surface area contributed by atoms with Crippen LogP contribution in [0, 0.1) is 0 Å². The molecule has 6 nitrogen and oxygen atoms in total. The Morgan fingerprint density at radius 1 is 1.19 bits per heavy atom. The zero-order valence-corrected chi connectivity index (χ0v) is 16.6. The smallest absolute Gasteiger partial charge is 0.267 e. The summed E-state index contributed by atoms with van der Waals surface area (Å²) in [5.74, 6) is 3.29. The lowest BCUT2D eigenvalue weighted by Crippen LogP contribution is -2.37. The van der Waals surface area contributed by atoms with Gasteiger partial charge in [-0.2, -0.15) is 16.9 Å². The van der Waals surface area contributed by atoms with Crippen molar-refractivity contribution in [2.24, 2.45) is 0 Å². The molecule has 0 spiro atoms. The standard InChI is InChI=1S/C20H27N5OS/c26-20-10-15-14-27-9-6-18(15)22-25(20)13-17-4-3-8-23(17)11-16-12-24-7-2-1-5-19(24)21-16/h10,12,17H,1-9,11,13-14H2. The average molecular weight is 386 g/mol. The Bertz CT molecular complexity index is 865. The zero-order chi connectivity index (χ0) is 18.2. The fraction of sp³-hybridized carbons (Fsp3) is 0.650. The fourth-order valence-electron chi connectivity index (χ4n) is 4.65. The molecule has 0 radical (unpaired) electrons. The molecule has 0 N–H and O–H groups in total. The summed E-state index contributed by atoms with van der Waals surface area (Å²) in [5, 5.41) is 4.72. The predicted molar refractivity (Wildman–Crippen MR) is 107 cm³/mol. The van der Waals surface area contributed by atoms with Crippen LogP contribution in [-0.4, -0.2) is 42.6 Å². The molecule has 7 heteroatoms. The van der Waals surface area contributed by atoms with Crippen molar-refractivity contribution in [1.82, 2.24) is 24.2 Å². The predicted octanol–water partition coefficient (Wildman–Crippen LogP) is 2.23. The lowest BCUT2D eigenvalue weighted by molar-refractivity contribution is 0.214. The molecular weight excluding hydrogens is 358 g/mol. The van der Waals surface area contributed by atoms with Gasteiger partial charge in [0.25, 0.3) is 5.56 Å². The SMILES string of the molecule is O=c1cc2c(nn1CC1CCCN1Cc1cn3c(n1)CCCC3)CCSC2. The van der Waals surface area contributed by atoms with Gasteiger partial charge in [-0.15, -0.1) is 0 Å². The van der Waals surface area contributed by atoms with Crippen molar-refractivity contribution in [1.29, 1.82) is 0 Å². The molecule has 0 aromatic carbocycles. The number of aryl methyl sites for hydroxylation is 3. The molecule has 1 atom stereocenters. The Labute approximate surface area is 164 Å². The first-order valence-electron chi connectivity index (χ1n) is 10.2. The minimum atomic E-state index is 0.0561. The summed E-state index contributed by atoms with van der Waals surface area (Å²) < 4.78 is 4.05. The topological polar surface area (TPSA) is 56.0 Å². The average Bonchev–Trinajstić information content (AvgIpc) is 3.29. The number of aromatic nitrogens is 4. The Morgan fingerprint density at radius 3 is 3.07 bits per heavy atom. The van der Waals surface area contributed by atoms with Crippen LogP contribution in [0.2, 0.25) is 0 Å². The van der Waals surface area contributed by atoms with E-state index in [1.807, 2.05) is 17.8 Å². The number of nitrogens with zero attached hydrogens (tertiary/aromatic N) is 5. The van der Waals surface area contributed by atoms with Crippen LogP contribution >= 0.6 is 11.8 Å². The lowest BCUT2D eigenvalue weighted by atomic mass is 10.2. The summed E-state index contributed by atoms with van der Waals surface area (Å²) in [4.78, 5) is 19.9. The van der Waals surface area contributed by atoms with Gasteiger partial charge in [0.2, 0.25) is 0 Å². The Hall–Kier alpha value is -1.60.